The Hall–Kier alpha value is -0.680. The Morgan fingerprint density at radius 2 is 2.11 bits per heavy atom. The largest absolute Gasteiger partial charge is 0.265 e. The lowest BCUT2D eigenvalue weighted by Crippen LogP contribution is -1.82. The summed E-state index contributed by atoms with van der Waals surface area (Å²) in [7, 11) is 3.28. The van der Waals surface area contributed by atoms with Crippen molar-refractivity contribution in [1.29, 1.82) is 0 Å². The van der Waals surface area contributed by atoms with Crippen molar-refractivity contribution in [3.63, 3.8) is 0 Å². The van der Waals surface area contributed by atoms with Crippen molar-refractivity contribution < 1.29 is 0 Å². The van der Waals surface area contributed by atoms with Crippen molar-refractivity contribution in [3.05, 3.63) is 30.1 Å². The fourth-order valence-electron chi connectivity index (χ4n) is 0.637. The first-order valence-corrected chi connectivity index (χ1v) is 3.39. The highest BCUT2D eigenvalue weighted by Gasteiger charge is 1.83. The van der Waals surface area contributed by atoms with Gasteiger partial charge in [0.15, 0.2) is 0 Å². The van der Waals surface area contributed by atoms with E-state index in [0.29, 0.717) is 0 Å². The average molecular weight is 137 g/mol. The van der Waals surface area contributed by atoms with E-state index in [1.54, 1.807) is 12.4 Å². The van der Waals surface area contributed by atoms with Gasteiger partial charge in [0.2, 0.25) is 0 Å². The van der Waals surface area contributed by atoms with Crippen molar-refractivity contribution >= 4 is 14.7 Å². The number of hydrogen-bond acceptors (Lipinski definition) is 1. The monoisotopic (exact) mass is 137 g/mol. The molecule has 1 aromatic heterocycles. The zero-order valence-electron chi connectivity index (χ0n) is 5.04. The Balaban J connectivity index is 2.72. The maximum atomic E-state index is 3.90. The third-order valence-corrected chi connectivity index (χ3v) is 1.29. The molecule has 0 saturated heterocycles. The van der Waals surface area contributed by atoms with Gasteiger partial charge in [-0.2, -0.15) is 0 Å². The molecule has 0 bridgehead atoms. The molecule has 2 heteroatoms. The van der Waals surface area contributed by atoms with Crippen LogP contribution in [0, 0.1) is 0 Å². The Morgan fingerprint density at radius 3 is 2.67 bits per heavy atom. The molecular formula is C7H8NP. The van der Waals surface area contributed by atoms with Crippen LogP contribution in [0.4, 0.5) is 0 Å². The summed E-state index contributed by atoms with van der Waals surface area (Å²) in [6.07, 6.45) is 4.55. The minimum atomic E-state index is 0.958. The fraction of sp³-hybridized carbons (Fsp3) is 0.143. The van der Waals surface area contributed by atoms with E-state index < -0.39 is 0 Å². The summed E-state index contributed by atoms with van der Waals surface area (Å²) in [5, 5.41) is 0. The highest BCUT2D eigenvalue weighted by molar-refractivity contribution is 7.18. The van der Waals surface area contributed by atoms with Gasteiger partial charge in [-0.1, -0.05) is 5.80 Å². The van der Waals surface area contributed by atoms with E-state index in [2.05, 4.69) is 13.8 Å². The molecule has 0 saturated carbocycles. The summed E-state index contributed by atoms with van der Waals surface area (Å²) in [6, 6.07) is 3.99. The van der Waals surface area contributed by atoms with Gasteiger partial charge < -0.3 is 0 Å². The Labute approximate surface area is 57.0 Å². The van der Waals surface area contributed by atoms with Gasteiger partial charge in [-0.25, -0.2) is 0 Å². The molecule has 0 aliphatic heterocycles. The number of nitrogens with zero attached hydrogens (tertiary/aromatic N) is 1. The van der Waals surface area contributed by atoms with Crippen molar-refractivity contribution in [2.75, 3.05) is 0 Å². The second kappa shape index (κ2) is 3.37. The molecule has 1 nitrogen and oxygen atoms in total. The van der Waals surface area contributed by atoms with Gasteiger partial charge in [-0.3, -0.25) is 4.98 Å². The zero-order chi connectivity index (χ0) is 6.53. The minimum absolute atomic E-state index is 0.958. The molecule has 0 aliphatic rings. The van der Waals surface area contributed by atoms with Gasteiger partial charge in [0.25, 0.3) is 0 Å². The molecule has 1 heterocycles. The third-order valence-electron chi connectivity index (χ3n) is 1.09. The predicted octanol–water partition coefficient (Wildman–Crippen LogP) is 1.57. The van der Waals surface area contributed by atoms with Crippen LogP contribution < -0.4 is 0 Å². The van der Waals surface area contributed by atoms with E-state index in [9.17, 15) is 0 Å². The summed E-state index contributed by atoms with van der Waals surface area (Å²) < 4.78 is 0. The fourth-order valence-corrected chi connectivity index (χ4v) is 0.872. The molecule has 0 unspecified atom stereocenters. The lowest BCUT2D eigenvalue weighted by molar-refractivity contribution is 1.26. The average Bonchev–Trinajstić information content (AvgIpc) is 1.91. The second-order valence-electron chi connectivity index (χ2n) is 1.76. The first-order valence-electron chi connectivity index (χ1n) is 2.81. The van der Waals surface area contributed by atoms with Crippen LogP contribution in [0.3, 0.4) is 0 Å². The van der Waals surface area contributed by atoms with Crippen LogP contribution in [0.2, 0.25) is 0 Å². The first kappa shape index (κ1) is 6.44. The van der Waals surface area contributed by atoms with Gasteiger partial charge in [-0.15, -0.1) is 8.86 Å². The molecule has 0 amide bonds. The van der Waals surface area contributed by atoms with Crippen molar-refractivity contribution in [3.8, 4) is 0 Å². The van der Waals surface area contributed by atoms with Crippen LogP contribution in [0.25, 0.3) is 0 Å². The van der Waals surface area contributed by atoms with Crippen molar-refractivity contribution in [2.45, 2.75) is 6.42 Å². The lowest BCUT2D eigenvalue weighted by Gasteiger charge is -1.90. The van der Waals surface area contributed by atoms with Crippen LogP contribution in [0.1, 0.15) is 5.56 Å². The summed E-state index contributed by atoms with van der Waals surface area (Å²) in [4.78, 5) is 3.90. The summed E-state index contributed by atoms with van der Waals surface area (Å²) in [5.41, 5.74) is 1.28. The molecular weight excluding hydrogens is 129 g/mol. The van der Waals surface area contributed by atoms with Crippen LogP contribution in [-0.2, 0) is 6.42 Å². The van der Waals surface area contributed by atoms with Gasteiger partial charge in [-0.05, 0) is 24.1 Å². The van der Waals surface area contributed by atoms with Crippen LogP contribution in [0.5, 0.6) is 0 Å². The van der Waals surface area contributed by atoms with Gasteiger partial charge >= 0.3 is 0 Å². The summed E-state index contributed by atoms with van der Waals surface area (Å²) >= 11 is 0. The first-order chi connectivity index (χ1) is 4.43. The van der Waals surface area contributed by atoms with Crippen molar-refractivity contribution in [1.82, 2.24) is 4.98 Å². The molecule has 0 atom stereocenters. The standard InChI is InChI=1S/C7H8NP/c9-6-3-7-1-4-8-5-2-7/h1-2,4-6,9H,3H2. The molecule has 46 valence electrons. The SMILES string of the molecule is P=CCc1ccncc1. The number of hydrogen-bond donors (Lipinski definition) is 0. The quantitative estimate of drug-likeness (QED) is 0.564. The minimum Gasteiger partial charge on any atom is -0.265 e. The van der Waals surface area contributed by atoms with E-state index >= 15 is 0 Å². The summed E-state index contributed by atoms with van der Waals surface area (Å²) in [5.74, 6) is 1.94. The smallest absolute Gasteiger partial charge is 0.0270 e. The number of rotatable bonds is 2. The molecule has 0 aromatic carbocycles. The number of pyridine rings is 1. The zero-order valence-corrected chi connectivity index (χ0v) is 6.04. The van der Waals surface area contributed by atoms with E-state index in [0.717, 1.165) is 6.42 Å². The van der Waals surface area contributed by atoms with Crippen LogP contribution in [-0.4, -0.2) is 10.8 Å². The third kappa shape index (κ3) is 1.95. The molecule has 1 rings (SSSR count). The lowest BCUT2D eigenvalue weighted by atomic mass is 10.2. The molecule has 0 fully saturated rings. The normalized spacial score (nSPS) is 8.89. The Kier molecular flexibility index (Phi) is 2.41. The van der Waals surface area contributed by atoms with E-state index in [4.69, 9.17) is 0 Å². The molecule has 1 aromatic rings. The molecule has 0 spiro atoms. The van der Waals surface area contributed by atoms with E-state index in [1.807, 2.05) is 17.9 Å². The molecule has 0 aliphatic carbocycles. The Bertz CT molecular complexity index is 183. The molecule has 9 heavy (non-hydrogen) atoms. The highest BCUT2D eigenvalue weighted by atomic mass is 31.0. The highest BCUT2D eigenvalue weighted by Crippen LogP contribution is 1.94. The maximum Gasteiger partial charge on any atom is 0.0270 e. The van der Waals surface area contributed by atoms with Crippen LogP contribution >= 0.6 is 8.86 Å². The second-order valence-corrected chi connectivity index (χ2v) is 2.17. The van der Waals surface area contributed by atoms with Gasteiger partial charge in [0, 0.05) is 12.4 Å². The Morgan fingerprint density at radius 1 is 1.44 bits per heavy atom. The van der Waals surface area contributed by atoms with Crippen molar-refractivity contribution in [2.24, 2.45) is 0 Å². The number of aromatic nitrogens is 1. The predicted molar refractivity (Wildman–Crippen MR) is 42.3 cm³/mol. The topological polar surface area (TPSA) is 12.9 Å². The van der Waals surface area contributed by atoms with Gasteiger partial charge in [0.1, 0.15) is 0 Å². The molecule has 0 radical (unpaired) electrons. The summed E-state index contributed by atoms with van der Waals surface area (Å²) in [6.45, 7) is 0. The maximum absolute atomic E-state index is 3.90. The van der Waals surface area contributed by atoms with E-state index in [1.165, 1.54) is 5.56 Å². The van der Waals surface area contributed by atoms with Gasteiger partial charge in [0.05, 0.1) is 0 Å². The van der Waals surface area contributed by atoms with E-state index in [-0.39, 0.29) is 0 Å². The molecule has 0 N–H and O–H groups in total. The van der Waals surface area contributed by atoms with Crippen LogP contribution in [0.15, 0.2) is 24.5 Å².